The Bertz CT molecular complexity index is 234. The molecule has 88 valence electrons. The minimum absolute atomic E-state index is 0.137. The van der Waals surface area contributed by atoms with Crippen molar-refractivity contribution >= 4 is 6.09 Å². The molecule has 0 spiro atoms. The second kappa shape index (κ2) is 4.39. The quantitative estimate of drug-likeness (QED) is 0.670. The minimum Gasteiger partial charge on any atom is -0.444 e. The number of amides is 1. The topological polar surface area (TPSA) is 38.8 Å². The van der Waals surface area contributed by atoms with Crippen molar-refractivity contribution in [1.82, 2.24) is 4.90 Å². The molecule has 2 atom stereocenters. The summed E-state index contributed by atoms with van der Waals surface area (Å²) < 4.78 is 10.6. The molecule has 1 saturated heterocycles. The van der Waals surface area contributed by atoms with Crippen molar-refractivity contribution in [2.75, 3.05) is 20.2 Å². The summed E-state index contributed by atoms with van der Waals surface area (Å²) in [7, 11) is 1.68. The predicted octanol–water partition coefficient (Wildman–Crippen LogP) is 1.89. The lowest BCUT2D eigenvalue weighted by molar-refractivity contribution is 0.0252. The number of carbonyl (C=O) groups is 1. The number of hydrogen-bond acceptors (Lipinski definition) is 3. The Labute approximate surface area is 91.5 Å². The van der Waals surface area contributed by atoms with Crippen LogP contribution in [0, 0.1) is 5.92 Å². The second-order valence-corrected chi connectivity index (χ2v) is 5.14. The number of nitrogens with zero attached hydrogens (tertiary/aromatic N) is 1. The first-order valence-electron chi connectivity index (χ1n) is 5.34. The van der Waals surface area contributed by atoms with Crippen molar-refractivity contribution in [1.29, 1.82) is 0 Å². The lowest BCUT2D eigenvalue weighted by Crippen LogP contribution is -2.36. The van der Waals surface area contributed by atoms with Crippen LogP contribution in [0.15, 0.2) is 0 Å². The first kappa shape index (κ1) is 12.3. The second-order valence-electron chi connectivity index (χ2n) is 5.14. The predicted molar refractivity (Wildman–Crippen MR) is 57.8 cm³/mol. The molecular weight excluding hydrogens is 194 g/mol. The van der Waals surface area contributed by atoms with E-state index in [-0.39, 0.29) is 12.2 Å². The van der Waals surface area contributed by atoms with E-state index in [2.05, 4.69) is 6.92 Å². The molecule has 0 aromatic heterocycles. The van der Waals surface area contributed by atoms with Gasteiger partial charge in [0.15, 0.2) is 0 Å². The van der Waals surface area contributed by atoms with Gasteiger partial charge in [-0.2, -0.15) is 0 Å². The van der Waals surface area contributed by atoms with Crippen molar-refractivity contribution in [3.8, 4) is 0 Å². The van der Waals surface area contributed by atoms with Crippen LogP contribution < -0.4 is 0 Å². The average molecular weight is 215 g/mol. The number of carbonyl (C=O) groups excluding carboxylic acids is 1. The Morgan fingerprint density at radius 1 is 1.33 bits per heavy atom. The first-order chi connectivity index (χ1) is 6.83. The number of rotatable bonds is 1. The molecule has 4 nitrogen and oxygen atoms in total. The molecule has 15 heavy (non-hydrogen) atoms. The Morgan fingerprint density at radius 3 is 2.33 bits per heavy atom. The van der Waals surface area contributed by atoms with E-state index < -0.39 is 5.60 Å². The summed E-state index contributed by atoms with van der Waals surface area (Å²) >= 11 is 0. The minimum atomic E-state index is -0.425. The molecule has 0 unspecified atom stereocenters. The molecule has 0 aliphatic carbocycles. The summed E-state index contributed by atoms with van der Waals surface area (Å²) in [6.45, 7) is 9.05. The van der Waals surface area contributed by atoms with Crippen molar-refractivity contribution in [3.05, 3.63) is 0 Å². The highest BCUT2D eigenvalue weighted by atomic mass is 16.6. The molecular formula is C11H21NO3. The molecule has 1 aliphatic heterocycles. The molecule has 4 heteroatoms. The number of likely N-dealkylation sites (tertiary alicyclic amines) is 1. The van der Waals surface area contributed by atoms with Crippen LogP contribution in [-0.2, 0) is 9.47 Å². The fourth-order valence-corrected chi connectivity index (χ4v) is 1.72. The molecule has 1 amide bonds. The zero-order valence-corrected chi connectivity index (χ0v) is 10.2. The maximum Gasteiger partial charge on any atom is 0.410 e. The SMILES string of the molecule is CO[C@H]1CN(C(=O)OC(C)(C)C)C[C@@H]1C. The van der Waals surface area contributed by atoms with Gasteiger partial charge in [0.1, 0.15) is 5.60 Å². The smallest absolute Gasteiger partial charge is 0.410 e. The third-order valence-corrected chi connectivity index (χ3v) is 2.50. The Morgan fingerprint density at radius 2 is 1.93 bits per heavy atom. The maximum absolute atomic E-state index is 11.7. The van der Waals surface area contributed by atoms with Gasteiger partial charge in [-0.25, -0.2) is 4.79 Å². The molecule has 1 rings (SSSR count). The van der Waals surface area contributed by atoms with E-state index in [0.29, 0.717) is 19.0 Å². The lowest BCUT2D eigenvalue weighted by Gasteiger charge is -2.24. The summed E-state index contributed by atoms with van der Waals surface area (Å²) in [6, 6.07) is 0. The van der Waals surface area contributed by atoms with Crippen LogP contribution in [0.2, 0.25) is 0 Å². The van der Waals surface area contributed by atoms with E-state index in [4.69, 9.17) is 9.47 Å². The van der Waals surface area contributed by atoms with Gasteiger partial charge in [-0.05, 0) is 20.8 Å². The highest BCUT2D eigenvalue weighted by molar-refractivity contribution is 5.68. The standard InChI is InChI=1S/C11H21NO3/c1-8-6-12(7-9(8)14-5)10(13)15-11(2,3)4/h8-9H,6-7H2,1-5H3/t8-,9-/m0/s1. The van der Waals surface area contributed by atoms with Gasteiger partial charge in [0.2, 0.25) is 0 Å². The van der Waals surface area contributed by atoms with Gasteiger partial charge in [-0.1, -0.05) is 6.92 Å². The summed E-state index contributed by atoms with van der Waals surface area (Å²) in [5.74, 6) is 0.377. The van der Waals surface area contributed by atoms with E-state index in [0.717, 1.165) is 0 Å². The molecule has 0 aromatic rings. The number of ether oxygens (including phenoxy) is 2. The zero-order chi connectivity index (χ0) is 11.6. The van der Waals surface area contributed by atoms with Gasteiger partial charge in [0.05, 0.1) is 12.6 Å². The van der Waals surface area contributed by atoms with Crippen LogP contribution in [0.25, 0.3) is 0 Å². The average Bonchev–Trinajstić information content (AvgIpc) is 2.43. The van der Waals surface area contributed by atoms with Crippen LogP contribution in [0.4, 0.5) is 4.79 Å². The fraction of sp³-hybridized carbons (Fsp3) is 0.909. The zero-order valence-electron chi connectivity index (χ0n) is 10.2. The molecule has 0 aromatic carbocycles. The van der Waals surface area contributed by atoms with E-state index in [1.807, 2.05) is 20.8 Å². The van der Waals surface area contributed by atoms with Gasteiger partial charge in [-0.3, -0.25) is 0 Å². The number of methoxy groups -OCH3 is 1. The summed E-state index contributed by atoms with van der Waals surface area (Å²) in [6.07, 6.45) is -0.105. The largest absolute Gasteiger partial charge is 0.444 e. The lowest BCUT2D eigenvalue weighted by atomic mass is 10.1. The molecule has 1 fully saturated rings. The fourth-order valence-electron chi connectivity index (χ4n) is 1.72. The van der Waals surface area contributed by atoms with Crippen molar-refractivity contribution < 1.29 is 14.3 Å². The first-order valence-corrected chi connectivity index (χ1v) is 5.34. The molecule has 0 saturated carbocycles. The van der Waals surface area contributed by atoms with Crippen LogP contribution in [0.5, 0.6) is 0 Å². The van der Waals surface area contributed by atoms with Crippen LogP contribution in [-0.4, -0.2) is 42.9 Å². The Kier molecular flexibility index (Phi) is 3.60. The molecule has 0 bridgehead atoms. The summed E-state index contributed by atoms with van der Waals surface area (Å²) in [5.41, 5.74) is -0.425. The molecule has 1 aliphatic rings. The monoisotopic (exact) mass is 215 g/mol. The summed E-state index contributed by atoms with van der Waals surface area (Å²) in [5, 5.41) is 0. The van der Waals surface area contributed by atoms with Crippen LogP contribution in [0.3, 0.4) is 0 Å². The van der Waals surface area contributed by atoms with Gasteiger partial charge in [-0.15, -0.1) is 0 Å². The Balaban J connectivity index is 2.50. The van der Waals surface area contributed by atoms with Crippen LogP contribution in [0.1, 0.15) is 27.7 Å². The third-order valence-electron chi connectivity index (χ3n) is 2.50. The maximum atomic E-state index is 11.7. The Hall–Kier alpha value is -0.770. The molecule has 0 N–H and O–H groups in total. The third kappa shape index (κ3) is 3.38. The highest BCUT2D eigenvalue weighted by Crippen LogP contribution is 2.21. The van der Waals surface area contributed by atoms with E-state index in [9.17, 15) is 4.79 Å². The van der Waals surface area contributed by atoms with Crippen molar-refractivity contribution in [3.63, 3.8) is 0 Å². The van der Waals surface area contributed by atoms with E-state index in [1.165, 1.54) is 0 Å². The van der Waals surface area contributed by atoms with E-state index >= 15 is 0 Å². The van der Waals surface area contributed by atoms with Gasteiger partial charge < -0.3 is 14.4 Å². The summed E-state index contributed by atoms with van der Waals surface area (Å²) in [4.78, 5) is 13.4. The van der Waals surface area contributed by atoms with Gasteiger partial charge >= 0.3 is 6.09 Å². The molecule has 0 radical (unpaired) electrons. The highest BCUT2D eigenvalue weighted by Gasteiger charge is 2.34. The van der Waals surface area contributed by atoms with E-state index in [1.54, 1.807) is 12.0 Å². The number of hydrogen-bond donors (Lipinski definition) is 0. The van der Waals surface area contributed by atoms with Gasteiger partial charge in [0, 0.05) is 19.6 Å². The van der Waals surface area contributed by atoms with Crippen molar-refractivity contribution in [2.24, 2.45) is 5.92 Å². The molecule has 1 heterocycles. The normalized spacial score (nSPS) is 26.9. The van der Waals surface area contributed by atoms with Crippen LogP contribution >= 0.6 is 0 Å². The van der Waals surface area contributed by atoms with Crippen molar-refractivity contribution in [2.45, 2.75) is 39.4 Å². The van der Waals surface area contributed by atoms with Gasteiger partial charge in [0.25, 0.3) is 0 Å².